The Hall–Kier alpha value is -1.25. The van der Waals surface area contributed by atoms with E-state index >= 15 is 0 Å². The van der Waals surface area contributed by atoms with Crippen molar-refractivity contribution in [2.24, 2.45) is 0 Å². The molecule has 112 valence electrons. The molecule has 20 heavy (non-hydrogen) atoms. The largest absolute Gasteiger partial charge is 0.368 e. The van der Waals surface area contributed by atoms with E-state index in [1.54, 1.807) is 0 Å². The zero-order chi connectivity index (χ0) is 14.6. The van der Waals surface area contributed by atoms with Gasteiger partial charge in [-0.05, 0) is 19.9 Å². The number of aromatic nitrogens is 2. The van der Waals surface area contributed by atoms with Gasteiger partial charge in [0.15, 0.2) is 0 Å². The first-order valence-corrected chi connectivity index (χ1v) is 8.25. The molecular weight excluding hydrogens is 278 g/mol. The van der Waals surface area contributed by atoms with Crippen molar-refractivity contribution in [2.45, 2.75) is 36.6 Å². The van der Waals surface area contributed by atoms with Crippen molar-refractivity contribution in [3.63, 3.8) is 0 Å². The molecule has 1 aliphatic rings. The lowest BCUT2D eigenvalue weighted by atomic mass is 10.2. The highest BCUT2D eigenvalue weighted by Crippen LogP contribution is 2.21. The first-order valence-electron chi connectivity index (χ1n) is 6.76. The van der Waals surface area contributed by atoms with E-state index in [0.717, 1.165) is 0 Å². The highest BCUT2D eigenvalue weighted by atomic mass is 32.2. The van der Waals surface area contributed by atoms with Crippen LogP contribution >= 0.6 is 0 Å². The van der Waals surface area contributed by atoms with Crippen LogP contribution in [0.1, 0.15) is 25.7 Å². The van der Waals surface area contributed by atoms with Gasteiger partial charge in [0.2, 0.25) is 16.0 Å². The summed E-state index contributed by atoms with van der Waals surface area (Å²) in [5.74, 6) is 0.0601. The van der Waals surface area contributed by atoms with Crippen LogP contribution < -0.4 is 10.5 Å². The van der Waals surface area contributed by atoms with Gasteiger partial charge < -0.3 is 10.6 Å². The highest BCUT2D eigenvalue weighted by molar-refractivity contribution is 7.89. The number of anilines is 1. The number of nitrogen functional groups attached to an aromatic ring is 1. The minimum absolute atomic E-state index is 0.0372. The Morgan fingerprint density at radius 2 is 1.95 bits per heavy atom. The fraction of sp³-hybridized carbons (Fsp3) is 0.667. The van der Waals surface area contributed by atoms with Crippen LogP contribution in [0, 0.1) is 0 Å². The fourth-order valence-corrected chi connectivity index (χ4v) is 3.34. The van der Waals surface area contributed by atoms with E-state index in [-0.39, 0.29) is 10.8 Å². The topological polar surface area (TPSA) is 101 Å². The molecule has 8 heteroatoms. The number of nitrogens with zero attached hydrogens (tertiary/aromatic N) is 3. The van der Waals surface area contributed by atoms with Gasteiger partial charge in [0.05, 0.1) is 12.4 Å². The molecule has 2 rings (SSSR count). The SMILES string of the molecule is CN(CCNS(=O)(=O)c1cnc(N)nc1)C1CCCC1. The van der Waals surface area contributed by atoms with Gasteiger partial charge in [-0.3, -0.25) is 0 Å². The second-order valence-electron chi connectivity index (χ2n) is 5.09. The molecule has 0 unspecified atom stereocenters. The van der Waals surface area contributed by atoms with E-state index in [4.69, 9.17) is 5.73 Å². The summed E-state index contributed by atoms with van der Waals surface area (Å²) in [5, 5.41) is 0. The van der Waals surface area contributed by atoms with Crippen LogP contribution in [0.25, 0.3) is 0 Å². The third-order valence-corrected chi connectivity index (χ3v) is 5.08. The average molecular weight is 299 g/mol. The highest BCUT2D eigenvalue weighted by Gasteiger charge is 2.20. The van der Waals surface area contributed by atoms with Crippen molar-refractivity contribution < 1.29 is 8.42 Å². The summed E-state index contributed by atoms with van der Waals surface area (Å²) in [6, 6.07) is 0.583. The molecule has 1 fully saturated rings. The number of hydrogen-bond acceptors (Lipinski definition) is 6. The Morgan fingerprint density at radius 1 is 1.35 bits per heavy atom. The summed E-state index contributed by atoms with van der Waals surface area (Å²) in [7, 11) is -1.52. The molecule has 0 aromatic carbocycles. The standard InChI is InChI=1S/C12H21N5O2S/c1-17(10-4-2-3-5-10)7-6-16-20(18,19)11-8-14-12(13)15-9-11/h8-10,16H,2-7H2,1H3,(H2,13,14,15). The minimum atomic E-state index is -3.55. The third kappa shape index (κ3) is 3.87. The van der Waals surface area contributed by atoms with E-state index in [1.807, 2.05) is 7.05 Å². The summed E-state index contributed by atoms with van der Waals surface area (Å²) in [5.41, 5.74) is 5.34. The van der Waals surface area contributed by atoms with E-state index in [0.29, 0.717) is 19.1 Å². The molecule has 1 saturated carbocycles. The number of rotatable bonds is 6. The summed E-state index contributed by atoms with van der Waals surface area (Å²) in [4.78, 5) is 9.63. The maximum atomic E-state index is 12.0. The summed E-state index contributed by atoms with van der Waals surface area (Å²) in [6.07, 6.45) is 7.37. The number of hydrogen-bond donors (Lipinski definition) is 2. The van der Waals surface area contributed by atoms with Crippen molar-refractivity contribution in [3.05, 3.63) is 12.4 Å². The molecule has 0 spiro atoms. The number of sulfonamides is 1. The van der Waals surface area contributed by atoms with Crippen molar-refractivity contribution in [1.82, 2.24) is 19.6 Å². The van der Waals surface area contributed by atoms with Crippen LogP contribution in [0.3, 0.4) is 0 Å². The maximum Gasteiger partial charge on any atom is 0.243 e. The van der Waals surface area contributed by atoms with Gasteiger partial charge in [0.25, 0.3) is 0 Å². The smallest absolute Gasteiger partial charge is 0.243 e. The van der Waals surface area contributed by atoms with Gasteiger partial charge in [-0.1, -0.05) is 12.8 Å². The Balaban J connectivity index is 1.84. The average Bonchev–Trinajstić information content (AvgIpc) is 2.93. The number of likely N-dealkylation sites (N-methyl/N-ethyl adjacent to an activating group) is 1. The number of nitrogens with two attached hydrogens (primary N) is 1. The summed E-state index contributed by atoms with van der Waals surface area (Å²) < 4.78 is 26.6. The van der Waals surface area contributed by atoms with Crippen LogP contribution in [0.5, 0.6) is 0 Å². The van der Waals surface area contributed by atoms with Crippen LogP contribution in [0.2, 0.25) is 0 Å². The predicted molar refractivity (Wildman–Crippen MR) is 76.5 cm³/mol. The molecule has 0 bridgehead atoms. The second-order valence-corrected chi connectivity index (χ2v) is 6.86. The van der Waals surface area contributed by atoms with Gasteiger partial charge in [-0.15, -0.1) is 0 Å². The van der Waals surface area contributed by atoms with Gasteiger partial charge in [0, 0.05) is 19.1 Å². The Labute approximate surface area is 119 Å². The summed E-state index contributed by atoms with van der Waals surface area (Å²) >= 11 is 0. The van der Waals surface area contributed by atoms with Crippen LogP contribution in [-0.2, 0) is 10.0 Å². The fourth-order valence-electron chi connectivity index (χ4n) is 2.43. The second kappa shape index (κ2) is 6.47. The molecule has 0 amide bonds. The molecular formula is C12H21N5O2S. The van der Waals surface area contributed by atoms with Gasteiger partial charge in [-0.2, -0.15) is 0 Å². The van der Waals surface area contributed by atoms with Gasteiger partial charge in [-0.25, -0.2) is 23.1 Å². The quantitative estimate of drug-likeness (QED) is 0.779. The molecule has 1 aromatic heterocycles. The molecule has 1 aliphatic carbocycles. The molecule has 1 aromatic rings. The number of nitrogens with one attached hydrogen (secondary N) is 1. The Kier molecular flexibility index (Phi) is 4.90. The molecule has 1 heterocycles. The van der Waals surface area contributed by atoms with Gasteiger partial charge in [0.1, 0.15) is 4.90 Å². The van der Waals surface area contributed by atoms with Crippen molar-refractivity contribution in [2.75, 3.05) is 25.9 Å². The Bertz CT molecular complexity index is 525. The zero-order valence-electron chi connectivity index (χ0n) is 11.6. The van der Waals surface area contributed by atoms with Crippen LogP contribution in [-0.4, -0.2) is 49.5 Å². The molecule has 3 N–H and O–H groups in total. The first kappa shape index (κ1) is 15.1. The Morgan fingerprint density at radius 3 is 2.55 bits per heavy atom. The lowest BCUT2D eigenvalue weighted by Gasteiger charge is -2.23. The van der Waals surface area contributed by atoms with E-state index in [2.05, 4.69) is 19.6 Å². The predicted octanol–water partition coefficient (Wildman–Crippen LogP) is 0.212. The molecule has 0 aliphatic heterocycles. The van der Waals surface area contributed by atoms with Crippen LogP contribution in [0.4, 0.5) is 5.95 Å². The molecule has 7 nitrogen and oxygen atoms in total. The van der Waals surface area contributed by atoms with Crippen molar-refractivity contribution in [3.8, 4) is 0 Å². The molecule has 0 atom stereocenters. The zero-order valence-corrected chi connectivity index (χ0v) is 12.4. The monoisotopic (exact) mass is 299 g/mol. The van der Waals surface area contributed by atoms with Crippen molar-refractivity contribution in [1.29, 1.82) is 0 Å². The third-order valence-electron chi connectivity index (χ3n) is 3.66. The summed E-state index contributed by atoms with van der Waals surface area (Å²) in [6.45, 7) is 1.07. The van der Waals surface area contributed by atoms with E-state index < -0.39 is 10.0 Å². The normalized spacial score (nSPS) is 16.9. The van der Waals surface area contributed by atoms with E-state index in [1.165, 1.54) is 38.1 Å². The molecule has 0 radical (unpaired) electrons. The lowest BCUT2D eigenvalue weighted by Crippen LogP contribution is -2.37. The van der Waals surface area contributed by atoms with E-state index in [9.17, 15) is 8.42 Å². The lowest BCUT2D eigenvalue weighted by molar-refractivity contribution is 0.250. The van der Waals surface area contributed by atoms with Crippen molar-refractivity contribution >= 4 is 16.0 Å². The van der Waals surface area contributed by atoms with Crippen LogP contribution in [0.15, 0.2) is 17.3 Å². The van der Waals surface area contributed by atoms with Gasteiger partial charge >= 0.3 is 0 Å². The maximum absolute atomic E-state index is 12.0. The molecule has 0 saturated heterocycles. The minimum Gasteiger partial charge on any atom is -0.368 e. The first-order chi connectivity index (χ1) is 9.49.